The van der Waals surface area contributed by atoms with E-state index in [9.17, 15) is 9.59 Å². The van der Waals surface area contributed by atoms with Crippen LogP contribution in [0.1, 0.15) is 35.6 Å². The SMILES string of the molecule is Cc1nc(-c2cccc(Cl)c2)sc1C(=O)NCCC(=O)OC(C)C. The number of aromatic nitrogens is 1. The maximum Gasteiger partial charge on any atom is 0.307 e. The molecule has 0 unspecified atom stereocenters. The molecule has 0 saturated carbocycles. The highest BCUT2D eigenvalue weighted by Crippen LogP contribution is 2.29. The molecule has 0 saturated heterocycles. The summed E-state index contributed by atoms with van der Waals surface area (Å²) in [5.74, 6) is -0.568. The van der Waals surface area contributed by atoms with Crippen molar-refractivity contribution in [2.75, 3.05) is 6.54 Å². The molecule has 0 fully saturated rings. The molecule has 5 nitrogen and oxygen atoms in total. The molecule has 0 aliphatic carbocycles. The Hall–Kier alpha value is -1.92. The molecule has 0 aliphatic heterocycles. The molecular formula is C17H19ClN2O3S. The Balaban J connectivity index is 1.99. The van der Waals surface area contributed by atoms with E-state index < -0.39 is 0 Å². The molecule has 1 heterocycles. The lowest BCUT2D eigenvalue weighted by Crippen LogP contribution is -2.27. The van der Waals surface area contributed by atoms with Crippen molar-refractivity contribution in [2.45, 2.75) is 33.3 Å². The molecule has 1 aromatic heterocycles. The third-order valence-electron chi connectivity index (χ3n) is 3.06. The number of esters is 1. The van der Waals surface area contributed by atoms with Crippen LogP contribution in [0.5, 0.6) is 0 Å². The lowest BCUT2D eigenvalue weighted by Gasteiger charge is -2.08. The average molecular weight is 367 g/mol. The average Bonchev–Trinajstić information content (AvgIpc) is 2.88. The van der Waals surface area contributed by atoms with Crippen molar-refractivity contribution < 1.29 is 14.3 Å². The Morgan fingerprint density at radius 2 is 2.12 bits per heavy atom. The highest BCUT2D eigenvalue weighted by molar-refractivity contribution is 7.17. The van der Waals surface area contributed by atoms with Gasteiger partial charge in [-0.2, -0.15) is 0 Å². The molecular weight excluding hydrogens is 348 g/mol. The van der Waals surface area contributed by atoms with Crippen LogP contribution in [0.3, 0.4) is 0 Å². The number of benzene rings is 1. The summed E-state index contributed by atoms with van der Waals surface area (Å²) in [4.78, 5) is 28.7. The standard InChI is InChI=1S/C17H19ClN2O3S/c1-10(2)23-14(21)7-8-19-16(22)15-11(3)20-17(24-15)12-5-4-6-13(18)9-12/h4-6,9-10H,7-8H2,1-3H3,(H,19,22). The fourth-order valence-corrected chi connectivity index (χ4v) is 3.20. The lowest BCUT2D eigenvalue weighted by molar-refractivity contribution is -0.147. The van der Waals surface area contributed by atoms with Crippen molar-refractivity contribution in [1.82, 2.24) is 10.3 Å². The number of nitrogens with one attached hydrogen (secondary N) is 1. The quantitative estimate of drug-likeness (QED) is 0.788. The zero-order chi connectivity index (χ0) is 17.7. The van der Waals surface area contributed by atoms with Gasteiger partial charge in [-0.25, -0.2) is 4.98 Å². The number of aryl methyl sites for hydroxylation is 1. The van der Waals surface area contributed by atoms with Gasteiger partial charge < -0.3 is 10.1 Å². The van der Waals surface area contributed by atoms with Crippen molar-refractivity contribution in [1.29, 1.82) is 0 Å². The summed E-state index contributed by atoms with van der Waals surface area (Å²) in [5.41, 5.74) is 1.52. The van der Waals surface area contributed by atoms with Gasteiger partial charge in [0.1, 0.15) is 9.88 Å². The van der Waals surface area contributed by atoms with Gasteiger partial charge in [0.25, 0.3) is 5.91 Å². The van der Waals surface area contributed by atoms with Crippen molar-refractivity contribution in [3.63, 3.8) is 0 Å². The zero-order valence-corrected chi connectivity index (χ0v) is 15.3. The summed E-state index contributed by atoms with van der Waals surface area (Å²) in [5, 5.41) is 4.08. The summed E-state index contributed by atoms with van der Waals surface area (Å²) in [6.45, 7) is 5.59. The van der Waals surface area contributed by atoms with Gasteiger partial charge in [-0.05, 0) is 32.9 Å². The number of rotatable bonds is 6. The minimum Gasteiger partial charge on any atom is -0.463 e. The molecule has 1 amide bonds. The minimum atomic E-state index is -0.328. The van der Waals surface area contributed by atoms with Crippen LogP contribution in [0.2, 0.25) is 5.02 Å². The molecule has 1 aromatic carbocycles. The number of hydrogen-bond donors (Lipinski definition) is 1. The van der Waals surface area contributed by atoms with Gasteiger partial charge in [0.2, 0.25) is 0 Å². The predicted octanol–water partition coefficient (Wildman–Crippen LogP) is 3.84. The number of nitrogens with zero attached hydrogens (tertiary/aromatic N) is 1. The van der Waals surface area contributed by atoms with Gasteiger partial charge in [-0.3, -0.25) is 9.59 Å². The third kappa shape index (κ3) is 5.04. The molecule has 24 heavy (non-hydrogen) atoms. The van der Waals surface area contributed by atoms with E-state index in [0.717, 1.165) is 10.6 Å². The number of ether oxygens (including phenoxy) is 1. The lowest BCUT2D eigenvalue weighted by atomic mass is 10.2. The normalized spacial score (nSPS) is 10.7. The van der Waals surface area contributed by atoms with Crippen molar-refractivity contribution in [3.05, 3.63) is 39.9 Å². The van der Waals surface area contributed by atoms with Gasteiger partial charge >= 0.3 is 5.97 Å². The molecule has 1 N–H and O–H groups in total. The number of carbonyl (C=O) groups is 2. The van der Waals surface area contributed by atoms with Gasteiger partial charge in [-0.1, -0.05) is 23.7 Å². The van der Waals surface area contributed by atoms with E-state index in [0.29, 0.717) is 15.6 Å². The summed E-state index contributed by atoms with van der Waals surface area (Å²) < 4.78 is 5.02. The van der Waals surface area contributed by atoms with Gasteiger partial charge in [-0.15, -0.1) is 11.3 Å². The minimum absolute atomic E-state index is 0.142. The Morgan fingerprint density at radius 1 is 1.38 bits per heavy atom. The largest absolute Gasteiger partial charge is 0.463 e. The van der Waals surface area contributed by atoms with E-state index in [1.165, 1.54) is 11.3 Å². The number of carbonyl (C=O) groups excluding carboxylic acids is 2. The van der Waals surface area contributed by atoms with Crippen LogP contribution in [0, 0.1) is 6.92 Å². The number of halogens is 1. The maximum absolute atomic E-state index is 12.3. The van der Waals surface area contributed by atoms with E-state index in [1.54, 1.807) is 26.8 Å². The van der Waals surface area contributed by atoms with Crippen LogP contribution in [0.4, 0.5) is 0 Å². The van der Waals surface area contributed by atoms with Crippen LogP contribution in [-0.2, 0) is 9.53 Å². The van der Waals surface area contributed by atoms with Crippen LogP contribution in [-0.4, -0.2) is 29.5 Å². The van der Waals surface area contributed by atoms with Gasteiger partial charge in [0, 0.05) is 17.1 Å². The number of amides is 1. The second-order valence-corrected chi connectivity index (χ2v) is 6.92. The van der Waals surface area contributed by atoms with Crippen LogP contribution >= 0.6 is 22.9 Å². The van der Waals surface area contributed by atoms with Crippen molar-refractivity contribution in [2.24, 2.45) is 0 Å². The second kappa shape index (κ2) is 8.26. The smallest absolute Gasteiger partial charge is 0.307 e. The summed E-state index contributed by atoms with van der Waals surface area (Å²) in [7, 11) is 0. The van der Waals surface area contributed by atoms with E-state index in [1.807, 2.05) is 18.2 Å². The third-order valence-corrected chi connectivity index (χ3v) is 4.50. The van der Waals surface area contributed by atoms with Crippen LogP contribution in [0.25, 0.3) is 10.6 Å². The molecule has 0 atom stereocenters. The van der Waals surface area contributed by atoms with Crippen molar-refractivity contribution >= 4 is 34.8 Å². The van der Waals surface area contributed by atoms with Gasteiger partial charge in [0.05, 0.1) is 18.2 Å². The molecule has 0 spiro atoms. The highest BCUT2D eigenvalue weighted by atomic mass is 35.5. The highest BCUT2D eigenvalue weighted by Gasteiger charge is 2.16. The van der Waals surface area contributed by atoms with Crippen LogP contribution in [0.15, 0.2) is 24.3 Å². The summed E-state index contributed by atoms with van der Waals surface area (Å²) in [6, 6.07) is 7.33. The van der Waals surface area contributed by atoms with E-state index in [2.05, 4.69) is 10.3 Å². The van der Waals surface area contributed by atoms with E-state index in [-0.39, 0.29) is 30.9 Å². The Kier molecular flexibility index (Phi) is 6.34. The maximum atomic E-state index is 12.3. The molecule has 0 aliphatic rings. The summed E-state index contributed by atoms with van der Waals surface area (Å²) in [6.07, 6.45) is -0.0136. The fourth-order valence-electron chi connectivity index (χ4n) is 2.03. The van der Waals surface area contributed by atoms with Gasteiger partial charge in [0.15, 0.2) is 0 Å². The Bertz CT molecular complexity index is 743. The number of thiazole rings is 1. The first-order chi connectivity index (χ1) is 11.4. The predicted molar refractivity (Wildman–Crippen MR) is 95.5 cm³/mol. The molecule has 2 rings (SSSR count). The summed E-state index contributed by atoms with van der Waals surface area (Å²) >= 11 is 7.29. The zero-order valence-electron chi connectivity index (χ0n) is 13.8. The Morgan fingerprint density at radius 3 is 2.79 bits per heavy atom. The molecule has 0 radical (unpaired) electrons. The monoisotopic (exact) mass is 366 g/mol. The second-order valence-electron chi connectivity index (χ2n) is 5.49. The first kappa shape index (κ1) is 18.4. The first-order valence-corrected chi connectivity index (χ1v) is 8.77. The van der Waals surface area contributed by atoms with Crippen LogP contribution < -0.4 is 5.32 Å². The molecule has 0 bridgehead atoms. The Labute approximate surface area is 150 Å². The fraction of sp³-hybridized carbons (Fsp3) is 0.353. The molecule has 128 valence electrons. The first-order valence-electron chi connectivity index (χ1n) is 7.58. The molecule has 2 aromatic rings. The topological polar surface area (TPSA) is 68.3 Å². The molecule has 7 heteroatoms. The van der Waals surface area contributed by atoms with E-state index in [4.69, 9.17) is 16.3 Å². The van der Waals surface area contributed by atoms with Crippen molar-refractivity contribution in [3.8, 4) is 10.6 Å². The van der Waals surface area contributed by atoms with E-state index >= 15 is 0 Å². The number of hydrogen-bond acceptors (Lipinski definition) is 5.